The van der Waals surface area contributed by atoms with Gasteiger partial charge in [-0.2, -0.15) is 0 Å². The monoisotopic (exact) mass is 353 g/mol. The van der Waals surface area contributed by atoms with Gasteiger partial charge in [0.25, 0.3) is 5.69 Å². The van der Waals surface area contributed by atoms with Gasteiger partial charge in [0.1, 0.15) is 0 Å². The summed E-state index contributed by atoms with van der Waals surface area (Å²) < 4.78 is 0. The first kappa shape index (κ1) is 15.0. The lowest BCUT2D eigenvalue weighted by Crippen LogP contribution is -1.99. The van der Waals surface area contributed by atoms with Gasteiger partial charge in [-0.3, -0.25) is 10.1 Å². The molecule has 0 radical (unpaired) electrons. The van der Waals surface area contributed by atoms with E-state index in [-0.39, 0.29) is 15.4 Å². The largest absolute Gasteiger partial charge is 0.274 e. The summed E-state index contributed by atoms with van der Waals surface area (Å²) in [6.45, 7) is 0. The molecule has 1 unspecified atom stereocenters. The Morgan fingerprint density at radius 1 is 1.15 bits per heavy atom. The summed E-state index contributed by atoms with van der Waals surface area (Å²) in [6, 6.07) is 14.8. The van der Waals surface area contributed by atoms with Crippen molar-refractivity contribution in [2.45, 2.75) is 17.7 Å². The second-order valence-electron chi connectivity index (χ2n) is 4.41. The topological polar surface area (TPSA) is 43.1 Å². The van der Waals surface area contributed by atoms with Crippen LogP contribution in [0.2, 0.25) is 5.02 Å². The summed E-state index contributed by atoms with van der Waals surface area (Å²) in [5, 5.41) is 11.5. The van der Waals surface area contributed by atoms with Crippen LogP contribution in [0.25, 0.3) is 0 Å². The predicted octanol–water partition coefficient (Wildman–Crippen LogP) is 5.32. The van der Waals surface area contributed by atoms with Crippen molar-refractivity contribution in [3.05, 3.63) is 74.8 Å². The van der Waals surface area contributed by atoms with Crippen LogP contribution in [0.5, 0.6) is 0 Å². The molecule has 0 aliphatic heterocycles. The van der Waals surface area contributed by atoms with Crippen LogP contribution in [0.1, 0.15) is 22.4 Å². The first-order valence-corrected chi connectivity index (χ1v) is 7.49. The van der Waals surface area contributed by atoms with E-state index in [1.165, 1.54) is 6.07 Å². The third-order valence-corrected chi connectivity index (χ3v) is 4.44. The Kier molecular flexibility index (Phi) is 5.15. The van der Waals surface area contributed by atoms with Crippen molar-refractivity contribution in [1.82, 2.24) is 0 Å². The number of hydrogen-bond acceptors (Lipinski definition) is 2. The third kappa shape index (κ3) is 3.58. The molecule has 0 N–H and O–H groups in total. The number of hydrogen-bond donors (Lipinski definition) is 0. The first-order valence-electron chi connectivity index (χ1n) is 6.20. The molecule has 0 fully saturated rings. The van der Waals surface area contributed by atoms with Gasteiger partial charge in [0.05, 0.1) is 9.95 Å². The molecule has 0 amide bonds. The van der Waals surface area contributed by atoms with E-state index in [1.54, 1.807) is 12.1 Å². The molecule has 0 spiro atoms. The summed E-state index contributed by atoms with van der Waals surface area (Å²) in [7, 11) is 0. The molecule has 0 aliphatic carbocycles. The second kappa shape index (κ2) is 6.86. The van der Waals surface area contributed by atoms with E-state index >= 15 is 0 Å². The summed E-state index contributed by atoms with van der Waals surface area (Å²) in [5.74, 6) is 0. The van der Waals surface area contributed by atoms with E-state index in [4.69, 9.17) is 11.6 Å². The molecule has 20 heavy (non-hydrogen) atoms. The first-order chi connectivity index (χ1) is 9.59. The maximum absolute atomic E-state index is 11.0. The van der Waals surface area contributed by atoms with Gasteiger partial charge >= 0.3 is 0 Å². The molecule has 5 heteroatoms. The predicted molar refractivity (Wildman–Crippen MR) is 84.5 cm³/mol. The smallest absolute Gasteiger partial charge is 0.258 e. The molecule has 2 aromatic rings. The van der Waals surface area contributed by atoms with Crippen LogP contribution in [0, 0.1) is 10.1 Å². The van der Waals surface area contributed by atoms with Gasteiger partial charge in [-0.05, 0) is 24.5 Å². The highest BCUT2D eigenvalue weighted by Gasteiger charge is 2.18. The maximum Gasteiger partial charge on any atom is 0.274 e. The number of nitro groups is 1. The highest BCUT2D eigenvalue weighted by atomic mass is 79.9. The molecule has 0 saturated carbocycles. The zero-order chi connectivity index (χ0) is 14.5. The van der Waals surface area contributed by atoms with Gasteiger partial charge in [0, 0.05) is 16.5 Å². The van der Waals surface area contributed by atoms with Crippen molar-refractivity contribution in [3.63, 3.8) is 0 Å². The number of rotatable bonds is 5. The van der Waals surface area contributed by atoms with E-state index in [0.717, 1.165) is 12.0 Å². The van der Waals surface area contributed by atoms with Crippen LogP contribution in [-0.2, 0) is 6.42 Å². The highest BCUT2D eigenvalue weighted by Crippen LogP contribution is 2.32. The average molecular weight is 355 g/mol. The molecular weight excluding hydrogens is 342 g/mol. The minimum Gasteiger partial charge on any atom is -0.258 e. The lowest BCUT2D eigenvalue weighted by atomic mass is 10.0. The van der Waals surface area contributed by atoms with E-state index in [0.29, 0.717) is 17.0 Å². The van der Waals surface area contributed by atoms with Crippen molar-refractivity contribution < 1.29 is 4.92 Å². The van der Waals surface area contributed by atoms with Gasteiger partial charge < -0.3 is 0 Å². The Morgan fingerprint density at radius 2 is 1.85 bits per heavy atom. The molecule has 0 saturated heterocycles. The fourth-order valence-electron chi connectivity index (χ4n) is 2.07. The van der Waals surface area contributed by atoms with Crippen molar-refractivity contribution in [1.29, 1.82) is 0 Å². The SMILES string of the molecule is O=[N+]([O-])c1cccc(Cl)c1CCC(Br)c1ccccc1. The minimum absolute atomic E-state index is 0.0882. The lowest BCUT2D eigenvalue weighted by molar-refractivity contribution is -0.385. The van der Waals surface area contributed by atoms with Crippen LogP contribution >= 0.6 is 27.5 Å². The summed E-state index contributed by atoms with van der Waals surface area (Å²) >= 11 is 9.70. The second-order valence-corrected chi connectivity index (χ2v) is 5.92. The van der Waals surface area contributed by atoms with Crippen LogP contribution in [0.15, 0.2) is 48.5 Å². The average Bonchev–Trinajstić information content (AvgIpc) is 2.46. The van der Waals surface area contributed by atoms with Crippen LogP contribution in [0.4, 0.5) is 5.69 Å². The highest BCUT2D eigenvalue weighted by molar-refractivity contribution is 9.09. The molecule has 2 rings (SSSR count). The molecular formula is C15H13BrClNO2. The molecule has 1 atom stereocenters. The van der Waals surface area contributed by atoms with Gasteiger partial charge in [-0.25, -0.2) is 0 Å². The molecule has 0 heterocycles. The number of nitro benzene ring substituents is 1. The zero-order valence-electron chi connectivity index (χ0n) is 10.6. The van der Waals surface area contributed by atoms with Crippen molar-refractivity contribution >= 4 is 33.2 Å². The normalized spacial score (nSPS) is 12.1. The fourth-order valence-corrected chi connectivity index (χ4v) is 2.86. The Morgan fingerprint density at radius 3 is 2.50 bits per heavy atom. The Hall–Kier alpha value is -1.39. The molecule has 0 aliphatic rings. The van der Waals surface area contributed by atoms with Crippen LogP contribution in [-0.4, -0.2) is 4.92 Å². The Bertz CT molecular complexity index is 604. The Balaban J connectivity index is 2.13. The minimum atomic E-state index is -0.382. The van der Waals surface area contributed by atoms with Crippen molar-refractivity contribution in [2.75, 3.05) is 0 Å². The summed E-state index contributed by atoms with van der Waals surface area (Å²) in [5.41, 5.74) is 1.84. The van der Waals surface area contributed by atoms with Gasteiger partial charge in [-0.15, -0.1) is 0 Å². The van der Waals surface area contributed by atoms with Gasteiger partial charge in [-0.1, -0.05) is 63.9 Å². The quantitative estimate of drug-likeness (QED) is 0.414. The fraction of sp³-hybridized carbons (Fsp3) is 0.200. The zero-order valence-corrected chi connectivity index (χ0v) is 13.0. The molecule has 0 bridgehead atoms. The van der Waals surface area contributed by atoms with Gasteiger partial charge in [0.15, 0.2) is 0 Å². The van der Waals surface area contributed by atoms with Gasteiger partial charge in [0.2, 0.25) is 0 Å². The number of alkyl halides is 1. The summed E-state index contributed by atoms with van der Waals surface area (Å²) in [6.07, 6.45) is 1.30. The number of halogens is 2. The van der Waals surface area contributed by atoms with E-state index in [9.17, 15) is 10.1 Å². The third-order valence-electron chi connectivity index (χ3n) is 3.10. The number of benzene rings is 2. The van der Waals surface area contributed by atoms with Crippen molar-refractivity contribution in [2.24, 2.45) is 0 Å². The maximum atomic E-state index is 11.0. The standard InChI is InChI=1S/C15H13BrClNO2/c16-13(11-5-2-1-3-6-11)10-9-12-14(17)7-4-8-15(12)18(19)20/h1-8,13H,9-10H2. The van der Waals surface area contributed by atoms with Crippen molar-refractivity contribution in [3.8, 4) is 0 Å². The van der Waals surface area contributed by atoms with E-state index < -0.39 is 0 Å². The van der Waals surface area contributed by atoms with Crippen LogP contribution < -0.4 is 0 Å². The van der Waals surface area contributed by atoms with Crippen LogP contribution in [0.3, 0.4) is 0 Å². The molecule has 2 aromatic carbocycles. The molecule has 0 aromatic heterocycles. The summed E-state index contributed by atoms with van der Waals surface area (Å²) in [4.78, 5) is 10.8. The molecule has 3 nitrogen and oxygen atoms in total. The lowest BCUT2D eigenvalue weighted by Gasteiger charge is -2.11. The van der Waals surface area contributed by atoms with E-state index in [1.807, 2.05) is 30.3 Å². The Labute approximate surface area is 130 Å². The van der Waals surface area contributed by atoms with E-state index in [2.05, 4.69) is 15.9 Å². The molecule has 104 valence electrons. The number of nitrogens with zero attached hydrogens (tertiary/aromatic N) is 1.